The van der Waals surface area contributed by atoms with Gasteiger partial charge >= 0.3 is 188 Å². The second-order valence-corrected chi connectivity index (χ2v) is 28.3. The molecule has 0 saturated carbocycles. The zero-order valence-corrected chi connectivity index (χ0v) is 24.9. The molecule has 0 atom stereocenters. The number of hydrogen-bond donors (Lipinski definition) is 0. The van der Waals surface area contributed by atoms with Crippen molar-refractivity contribution in [3.05, 3.63) is 9.67 Å². The monoisotopic (exact) mass is 534 g/mol. The van der Waals surface area contributed by atoms with E-state index >= 15 is 0 Å². The fourth-order valence-electron chi connectivity index (χ4n) is 3.55. The van der Waals surface area contributed by atoms with Crippen LogP contribution in [0.3, 0.4) is 0 Å². The average molecular weight is 533 g/mol. The standard InChI is InChI=1S/C12H23O3Si.3C4H9.Sn/c1-7-14-11(13)9-8-10-15-16(5,6)12(2,3)4;3*1-3-4-2;/h9H,7,10H2,1-6H3;3*1,3-4H2,2H3;. The van der Waals surface area contributed by atoms with Crippen molar-refractivity contribution in [2.24, 2.45) is 0 Å². The first-order valence-corrected chi connectivity index (χ1v) is 22.4. The van der Waals surface area contributed by atoms with Gasteiger partial charge in [-0.25, -0.2) is 0 Å². The van der Waals surface area contributed by atoms with Crippen molar-refractivity contribution in [2.45, 2.75) is 118 Å². The number of ether oxygens (including phenoxy) is 1. The minimum atomic E-state index is -2.72. The fourth-order valence-corrected chi connectivity index (χ4v) is 20.9. The first kappa shape index (κ1) is 29.2. The first-order valence-electron chi connectivity index (χ1n) is 12.0. The van der Waals surface area contributed by atoms with E-state index in [1.807, 2.05) is 13.0 Å². The van der Waals surface area contributed by atoms with E-state index in [1.165, 1.54) is 55.4 Å². The molecule has 0 fully saturated rings. The van der Waals surface area contributed by atoms with E-state index in [0.29, 0.717) is 13.2 Å². The van der Waals surface area contributed by atoms with Gasteiger partial charge < -0.3 is 0 Å². The summed E-state index contributed by atoms with van der Waals surface area (Å²) in [5.74, 6) is -0.160. The third kappa shape index (κ3) is 10.4. The van der Waals surface area contributed by atoms with Gasteiger partial charge in [0.15, 0.2) is 0 Å². The van der Waals surface area contributed by atoms with E-state index in [-0.39, 0.29) is 11.0 Å². The molecule has 172 valence electrons. The molecule has 0 rings (SSSR count). The molecule has 0 saturated heterocycles. The summed E-state index contributed by atoms with van der Waals surface area (Å²) in [4.78, 5) is 12.5. The van der Waals surface area contributed by atoms with Crippen molar-refractivity contribution in [3.63, 3.8) is 0 Å². The Bertz CT molecular complexity index is 473. The predicted molar refractivity (Wildman–Crippen MR) is 133 cm³/mol. The number of unbranched alkanes of at least 4 members (excludes halogenated alkanes) is 3. The van der Waals surface area contributed by atoms with Gasteiger partial charge in [-0.3, -0.25) is 0 Å². The second-order valence-electron chi connectivity index (χ2n) is 10.1. The third-order valence-electron chi connectivity index (χ3n) is 6.68. The van der Waals surface area contributed by atoms with Crippen LogP contribution < -0.4 is 0 Å². The van der Waals surface area contributed by atoms with E-state index in [4.69, 9.17) is 9.16 Å². The Kier molecular flexibility index (Phi) is 14.4. The summed E-state index contributed by atoms with van der Waals surface area (Å²) in [7, 11) is -1.87. The van der Waals surface area contributed by atoms with Crippen LogP contribution in [0.4, 0.5) is 0 Å². The number of rotatable bonds is 15. The van der Waals surface area contributed by atoms with Gasteiger partial charge in [0.2, 0.25) is 0 Å². The minimum absolute atomic E-state index is 0.160. The number of carbonyl (C=O) groups is 1. The zero-order chi connectivity index (χ0) is 22.6. The van der Waals surface area contributed by atoms with Gasteiger partial charge in [0, 0.05) is 0 Å². The summed E-state index contributed by atoms with van der Waals surface area (Å²) in [5.41, 5.74) is 0. The molecule has 0 spiro atoms. The van der Waals surface area contributed by atoms with Crippen molar-refractivity contribution in [1.82, 2.24) is 0 Å². The zero-order valence-electron chi connectivity index (χ0n) is 21.1. The van der Waals surface area contributed by atoms with Crippen molar-refractivity contribution in [3.8, 4) is 0 Å². The molecule has 0 N–H and O–H groups in total. The van der Waals surface area contributed by atoms with Crippen LogP contribution in [-0.4, -0.2) is 45.9 Å². The Morgan fingerprint density at radius 1 is 0.897 bits per heavy atom. The van der Waals surface area contributed by atoms with E-state index in [0.717, 1.165) is 0 Å². The third-order valence-corrected chi connectivity index (χ3v) is 27.1. The molecule has 0 heterocycles. The van der Waals surface area contributed by atoms with E-state index in [1.54, 1.807) is 0 Å². The summed E-state index contributed by atoms with van der Waals surface area (Å²) in [6, 6.07) is 0. The van der Waals surface area contributed by atoms with Crippen LogP contribution in [0.2, 0.25) is 31.4 Å². The normalized spacial score (nSPS) is 13.6. The summed E-state index contributed by atoms with van der Waals surface area (Å²) in [6.07, 6.45) is 9.41. The SMILES string of the molecule is CCC[CH2][Sn]([CH2]CCC)([CH2]CCC)/[C](=C\C(=O)OCC)CO[Si](C)(C)C(C)(C)C. The van der Waals surface area contributed by atoms with Crippen LogP contribution >= 0.6 is 0 Å². The molecule has 5 heteroatoms. The molecule has 3 nitrogen and oxygen atoms in total. The van der Waals surface area contributed by atoms with Gasteiger partial charge in [0.1, 0.15) is 0 Å². The first-order chi connectivity index (χ1) is 13.5. The van der Waals surface area contributed by atoms with Gasteiger partial charge in [-0.05, 0) is 0 Å². The molecule has 0 aromatic rings. The maximum atomic E-state index is 12.5. The van der Waals surface area contributed by atoms with Crippen LogP contribution in [0.1, 0.15) is 87.0 Å². The van der Waals surface area contributed by atoms with Gasteiger partial charge in [-0.2, -0.15) is 0 Å². The summed E-state index contributed by atoms with van der Waals surface area (Å²) in [5, 5.41) is 0.177. The van der Waals surface area contributed by atoms with E-state index < -0.39 is 26.7 Å². The van der Waals surface area contributed by atoms with Gasteiger partial charge in [0.05, 0.1) is 0 Å². The maximum absolute atomic E-state index is 12.5. The van der Waals surface area contributed by atoms with Crippen LogP contribution in [0.5, 0.6) is 0 Å². The Balaban J connectivity index is 6.05. The Hall–Kier alpha value is 0.186. The summed E-state index contributed by atoms with van der Waals surface area (Å²) in [6.45, 7) is 21.3. The Morgan fingerprint density at radius 2 is 1.34 bits per heavy atom. The topological polar surface area (TPSA) is 35.5 Å². The van der Waals surface area contributed by atoms with Crippen molar-refractivity contribution in [2.75, 3.05) is 13.2 Å². The molecule has 0 aliphatic carbocycles. The molecular formula is C24H50O3SiSn. The average Bonchev–Trinajstić information content (AvgIpc) is 2.64. The van der Waals surface area contributed by atoms with Gasteiger partial charge in [0.25, 0.3) is 0 Å². The Labute approximate surface area is 187 Å². The van der Waals surface area contributed by atoms with E-state index in [9.17, 15) is 4.79 Å². The molecule has 0 aromatic heterocycles. The van der Waals surface area contributed by atoms with Gasteiger partial charge in [-0.15, -0.1) is 0 Å². The fraction of sp³-hybridized carbons (Fsp3) is 0.875. The molecule has 29 heavy (non-hydrogen) atoms. The number of esters is 1. The van der Waals surface area contributed by atoms with Crippen molar-refractivity contribution in [1.29, 1.82) is 0 Å². The molecule has 0 amide bonds. The molecule has 0 bridgehead atoms. The number of carbonyl (C=O) groups excluding carboxylic acids is 1. The molecule has 0 aliphatic rings. The summed E-state index contributed by atoms with van der Waals surface area (Å²) >= 11 is -2.72. The quantitative estimate of drug-likeness (QED) is 0.122. The van der Waals surface area contributed by atoms with Crippen LogP contribution in [0.15, 0.2) is 9.67 Å². The molecular weight excluding hydrogens is 483 g/mol. The molecule has 0 aliphatic heterocycles. The Morgan fingerprint density at radius 3 is 1.69 bits per heavy atom. The number of hydrogen-bond acceptors (Lipinski definition) is 3. The van der Waals surface area contributed by atoms with Crippen molar-refractivity contribution >= 4 is 32.7 Å². The molecule has 0 unspecified atom stereocenters. The summed E-state index contributed by atoms with van der Waals surface area (Å²) < 4.78 is 17.5. The predicted octanol–water partition coefficient (Wildman–Crippen LogP) is 7.89. The van der Waals surface area contributed by atoms with Crippen LogP contribution in [-0.2, 0) is 14.0 Å². The van der Waals surface area contributed by atoms with Gasteiger partial charge in [-0.1, -0.05) is 0 Å². The van der Waals surface area contributed by atoms with Crippen LogP contribution in [0.25, 0.3) is 0 Å². The van der Waals surface area contributed by atoms with E-state index in [2.05, 4.69) is 54.6 Å². The van der Waals surface area contributed by atoms with Crippen LogP contribution in [0, 0.1) is 0 Å². The van der Waals surface area contributed by atoms with Crippen molar-refractivity contribution < 1.29 is 14.0 Å². The molecule has 0 radical (unpaired) electrons. The molecule has 0 aromatic carbocycles. The second kappa shape index (κ2) is 14.3.